The van der Waals surface area contributed by atoms with E-state index in [0.717, 1.165) is 17.8 Å². The van der Waals surface area contributed by atoms with Gasteiger partial charge in [-0.25, -0.2) is 4.98 Å². The molecule has 1 aliphatic carbocycles. The molecule has 1 fully saturated rings. The van der Waals surface area contributed by atoms with Crippen molar-refractivity contribution in [3.63, 3.8) is 0 Å². The minimum Gasteiger partial charge on any atom is -0.396 e. The zero-order valence-corrected chi connectivity index (χ0v) is 12.9. The number of halogens is 1. The quantitative estimate of drug-likeness (QED) is 0.801. The first-order chi connectivity index (χ1) is 10.2. The van der Waals surface area contributed by atoms with Crippen molar-refractivity contribution in [3.8, 4) is 0 Å². The summed E-state index contributed by atoms with van der Waals surface area (Å²) in [5, 5.41) is 14.3. The van der Waals surface area contributed by atoms with E-state index in [1.54, 1.807) is 6.08 Å². The molecule has 2 heterocycles. The molecule has 7 heteroatoms. The van der Waals surface area contributed by atoms with Gasteiger partial charge in [-0.05, 0) is 31.3 Å². The van der Waals surface area contributed by atoms with Crippen molar-refractivity contribution in [1.29, 1.82) is 0 Å². The van der Waals surface area contributed by atoms with Crippen molar-refractivity contribution in [3.05, 3.63) is 28.5 Å². The van der Waals surface area contributed by atoms with E-state index in [1.807, 2.05) is 16.0 Å². The highest BCUT2D eigenvalue weighted by Gasteiger charge is 2.31. The number of aliphatic hydroxyl groups excluding tert-OH is 1. The molecule has 2 N–H and O–H groups in total. The van der Waals surface area contributed by atoms with Crippen LogP contribution in [-0.2, 0) is 4.79 Å². The summed E-state index contributed by atoms with van der Waals surface area (Å²) in [5.41, 5.74) is 0.702. The van der Waals surface area contributed by atoms with E-state index in [-0.39, 0.29) is 18.6 Å². The lowest BCUT2D eigenvalue weighted by Gasteiger charge is -2.15. The van der Waals surface area contributed by atoms with Crippen LogP contribution in [0.15, 0.2) is 17.7 Å². The van der Waals surface area contributed by atoms with Crippen LogP contribution < -0.4 is 5.32 Å². The Morgan fingerprint density at radius 3 is 3.19 bits per heavy atom. The summed E-state index contributed by atoms with van der Waals surface area (Å²) in [7, 11) is 0. The zero-order valence-electron chi connectivity index (χ0n) is 11.3. The van der Waals surface area contributed by atoms with Crippen molar-refractivity contribution >= 4 is 39.9 Å². The number of hydrogen-bond donors (Lipinski definition) is 2. The number of aliphatic hydroxyl groups is 1. The maximum atomic E-state index is 12.0. The lowest BCUT2D eigenvalue weighted by molar-refractivity contribution is -0.117. The average Bonchev–Trinajstić information content (AvgIpc) is 3.13. The highest BCUT2D eigenvalue weighted by molar-refractivity contribution is 7.15. The minimum absolute atomic E-state index is 0.0641. The molecule has 1 aliphatic rings. The summed E-state index contributed by atoms with van der Waals surface area (Å²) in [6, 6.07) is 0.0641. The third-order valence-corrected chi connectivity index (χ3v) is 4.64. The summed E-state index contributed by atoms with van der Waals surface area (Å²) in [5.74, 6) is 0.346. The van der Waals surface area contributed by atoms with Gasteiger partial charge in [0, 0.05) is 30.3 Å². The molecule has 1 saturated carbocycles. The fraction of sp³-hybridized carbons (Fsp3) is 0.429. The summed E-state index contributed by atoms with van der Waals surface area (Å²) in [6.07, 6.45) is 7.87. The number of carbonyl (C=O) groups is 1. The van der Waals surface area contributed by atoms with Gasteiger partial charge in [-0.3, -0.25) is 9.20 Å². The molecule has 1 amide bonds. The van der Waals surface area contributed by atoms with Gasteiger partial charge < -0.3 is 10.4 Å². The van der Waals surface area contributed by atoms with E-state index < -0.39 is 0 Å². The van der Waals surface area contributed by atoms with Crippen LogP contribution >= 0.6 is 22.9 Å². The third kappa shape index (κ3) is 3.28. The second kappa shape index (κ2) is 6.17. The van der Waals surface area contributed by atoms with Gasteiger partial charge in [0.1, 0.15) is 0 Å². The molecular formula is C14H16ClN3O2S. The number of imidazole rings is 1. The van der Waals surface area contributed by atoms with E-state index in [0.29, 0.717) is 23.2 Å². The Morgan fingerprint density at radius 2 is 2.48 bits per heavy atom. The molecule has 21 heavy (non-hydrogen) atoms. The highest BCUT2D eigenvalue weighted by Crippen LogP contribution is 2.33. The topological polar surface area (TPSA) is 66.6 Å². The molecule has 1 atom stereocenters. The van der Waals surface area contributed by atoms with Crippen LogP contribution in [0, 0.1) is 5.92 Å². The van der Waals surface area contributed by atoms with Crippen molar-refractivity contribution in [2.24, 2.45) is 5.92 Å². The second-order valence-electron chi connectivity index (χ2n) is 5.14. The van der Waals surface area contributed by atoms with Crippen molar-refractivity contribution in [2.45, 2.75) is 25.3 Å². The highest BCUT2D eigenvalue weighted by atomic mass is 35.5. The van der Waals surface area contributed by atoms with E-state index >= 15 is 0 Å². The molecule has 0 spiro atoms. The molecule has 1 unspecified atom stereocenters. The van der Waals surface area contributed by atoms with Crippen molar-refractivity contribution in [1.82, 2.24) is 14.7 Å². The van der Waals surface area contributed by atoms with Crippen LogP contribution in [0.2, 0.25) is 5.15 Å². The van der Waals surface area contributed by atoms with Crippen LogP contribution in [0.1, 0.15) is 25.0 Å². The van der Waals surface area contributed by atoms with E-state index in [1.165, 1.54) is 17.4 Å². The Balaban J connectivity index is 1.68. The molecular weight excluding hydrogens is 310 g/mol. The summed E-state index contributed by atoms with van der Waals surface area (Å²) < 4.78 is 1.85. The lowest BCUT2D eigenvalue weighted by atomic mass is 10.1. The molecule has 0 aliphatic heterocycles. The maximum Gasteiger partial charge on any atom is 0.244 e. The number of carbonyl (C=O) groups excluding carboxylic acids is 1. The van der Waals surface area contributed by atoms with Gasteiger partial charge in [0.15, 0.2) is 10.1 Å². The summed E-state index contributed by atoms with van der Waals surface area (Å²) >= 11 is 7.56. The third-order valence-electron chi connectivity index (χ3n) is 3.61. The Kier molecular flexibility index (Phi) is 4.28. The van der Waals surface area contributed by atoms with Crippen LogP contribution in [0.25, 0.3) is 11.0 Å². The Labute approximate surface area is 131 Å². The first-order valence-corrected chi connectivity index (χ1v) is 8.15. The van der Waals surface area contributed by atoms with E-state index in [2.05, 4.69) is 10.3 Å². The van der Waals surface area contributed by atoms with Gasteiger partial charge in [0.2, 0.25) is 5.91 Å². The number of fused-ring (bicyclic) bond motifs is 1. The van der Waals surface area contributed by atoms with Gasteiger partial charge in [0.25, 0.3) is 0 Å². The average molecular weight is 326 g/mol. The first-order valence-electron chi connectivity index (χ1n) is 6.89. The van der Waals surface area contributed by atoms with Crippen LogP contribution in [0.4, 0.5) is 0 Å². The number of aromatic nitrogens is 2. The maximum absolute atomic E-state index is 12.0. The van der Waals surface area contributed by atoms with Crippen molar-refractivity contribution < 1.29 is 9.90 Å². The number of hydrogen-bond acceptors (Lipinski definition) is 4. The molecule has 112 valence electrons. The number of rotatable bonds is 6. The normalized spacial score (nSPS) is 16.7. The number of amides is 1. The number of nitrogens with zero attached hydrogens (tertiary/aromatic N) is 2. The standard InChI is InChI=1S/C14H16ClN3O2S/c15-13-11(18-6-8-21-14(18)17-13)3-4-12(20)16-10(5-7-19)9-1-2-9/h3-4,6,8-10,19H,1-2,5,7H2,(H,16,20)/b4-3+. The van der Waals surface area contributed by atoms with Gasteiger partial charge in [0.05, 0.1) is 5.69 Å². The molecule has 0 aromatic carbocycles. The SMILES string of the molecule is O=C(/C=C/c1c(Cl)nc2sccn12)NC(CCO)C1CC1. The Hall–Kier alpha value is -1.37. The Morgan fingerprint density at radius 1 is 1.67 bits per heavy atom. The molecule has 0 saturated heterocycles. The minimum atomic E-state index is -0.165. The van der Waals surface area contributed by atoms with Crippen LogP contribution in [0.3, 0.4) is 0 Å². The second-order valence-corrected chi connectivity index (χ2v) is 6.37. The fourth-order valence-corrected chi connectivity index (χ4v) is 3.38. The van der Waals surface area contributed by atoms with Gasteiger partial charge >= 0.3 is 0 Å². The van der Waals surface area contributed by atoms with Gasteiger partial charge in [-0.2, -0.15) is 0 Å². The van der Waals surface area contributed by atoms with E-state index in [4.69, 9.17) is 16.7 Å². The molecule has 0 bridgehead atoms. The molecule has 0 radical (unpaired) electrons. The monoisotopic (exact) mass is 325 g/mol. The number of thiazole rings is 1. The summed E-state index contributed by atoms with van der Waals surface area (Å²) in [6.45, 7) is 0.0924. The smallest absolute Gasteiger partial charge is 0.244 e. The molecule has 5 nitrogen and oxygen atoms in total. The van der Waals surface area contributed by atoms with Crippen LogP contribution in [0.5, 0.6) is 0 Å². The van der Waals surface area contributed by atoms with E-state index in [9.17, 15) is 4.79 Å². The predicted octanol–water partition coefficient (Wildman–Crippen LogP) is 2.34. The molecule has 2 aromatic rings. The number of nitrogens with one attached hydrogen (secondary N) is 1. The fourth-order valence-electron chi connectivity index (χ4n) is 2.37. The zero-order chi connectivity index (χ0) is 14.8. The largest absolute Gasteiger partial charge is 0.396 e. The van der Waals surface area contributed by atoms with Gasteiger partial charge in [-0.15, -0.1) is 11.3 Å². The van der Waals surface area contributed by atoms with Crippen molar-refractivity contribution in [2.75, 3.05) is 6.61 Å². The molecule has 2 aromatic heterocycles. The first kappa shape index (κ1) is 14.6. The predicted molar refractivity (Wildman–Crippen MR) is 83.5 cm³/mol. The summed E-state index contributed by atoms with van der Waals surface area (Å²) in [4.78, 5) is 17.0. The van der Waals surface area contributed by atoms with Gasteiger partial charge in [-0.1, -0.05) is 11.6 Å². The van der Waals surface area contributed by atoms with Crippen LogP contribution in [-0.4, -0.2) is 33.0 Å². The Bertz CT molecular complexity index is 675. The lowest BCUT2D eigenvalue weighted by Crippen LogP contribution is -2.36. The molecule has 3 rings (SSSR count).